The van der Waals surface area contributed by atoms with Gasteiger partial charge in [-0.05, 0) is 43.2 Å². The van der Waals surface area contributed by atoms with Crippen LogP contribution in [0, 0.1) is 29.6 Å². The average molecular weight is 418 g/mol. The lowest BCUT2D eigenvalue weighted by Gasteiger charge is -2.16. The second-order valence-electron chi connectivity index (χ2n) is 6.35. The van der Waals surface area contributed by atoms with Gasteiger partial charge in [-0.1, -0.05) is 18.7 Å². The van der Waals surface area contributed by atoms with Gasteiger partial charge in [-0.15, -0.1) is 0 Å². The number of pyridine rings is 2. The predicted octanol–water partition coefficient (Wildman–Crippen LogP) is 3.88. The van der Waals surface area contributed by atoms with Crippen LogP contribution in [0.5, 0.6) is 0 Å². The SMILES string of the molecule is CCC(Sc1nc(N)c(C#N)c(-c2ccco2)c1C#N)C(=O)Nc1cc(C)ccn1. The molecule has 1 unspecified atom stereocenters. The fourth-order valence-corrected chi connectivity index (χ4v) is 3.84. The first-order valence-electron chi connectivity index (χ1n) is 9.06. The molecule has 0 aliphatic heterocycles. The van der Waals surface area contributed by atoms with Crippen LogP contribution in [0.4, 0.5) is 11.6 Å². The van der Waals surface area contributed by atoms with Gasteiger partial charge in [0.15, 0.2) is 0 Å². The molecule has 0 bridgehead atoms. The summed E-state index contributed by atoms with van der Waals surface area (Å²) in [5, 5.41) is 21.8. The number of thioether (sulfide) groups is 1. The number of rotatable bonds is 6. The number of furan rings is 1. The number of amides is 1. The van der Waals surface area contributed by atoms with Gasteiger partial charge in [0.2, 0.25) is 5.91 Å². The molecule has 0 fully saturated rings. The lowest BCUT2D eigenvalue weighted by atomic mass is 10.0. The Kier molecular flexibility index (Phi) is 6.35. The number of aryl methyl sites for hydroxylation is 1. The predicted molar refractivity (Wildman–Crippen MR) is 113 cm³/mol. The molecule has 3 aromatic rings. The monoisotopic (exact) mass is 418 g/mol. The Morgan fingerprint density at radius 3 is 2.70 bits per heavy atom. The van der Waals surface area contributed by atoms with E-state index in [2.05, 4.69) is 21.4 Å². The highest BCUT2D eigenvalue weighted by atomic mass is 32.2. The Morgan fingerprint density at radius 1 is 1.33 bits per heavy atom. The van der Waals surface area contributed by atoms with Gasteiger partial charge in [0.1, 0.15) is 40.1 Å². The van der Waals surface area contributed by atoms with E-state index < -0.39 is 5.25 Å². The maximum Gasteiger partial charge on any atom is 0.239 e. The number of anilines is 2. The highest BCUT2D eigenvalue weighted by molar-refractivity contribution is 8.00. The molecule has 8 nitrogen and oxygen atoms in total. The molecule has 0 aromatic carbocycles. The van der Waals surface area contributed by atoms with Crippen LogP contribution in [0.15, 0.2) is 46.2 Å². The van der Waals surface area contributed by atoms with Gasteiger partial charge < -0.3 is 15.5 Å². The maximum absolute atomic E-state index is 12.8. The van der Waals surface area contributed by atoms with Crippen molar-refractivity contribution in [3.63, 3.8) is 0 Å². The second-order valence-corrected chi connectivity index (χ2v) is 7.54. The van der Waals surface area contributed by atoms with Gasteiger partial charge in [-0.3, -0.25) is 4.79 Å². The molecule has 3 N–H and O–H groups in total. The number of nitrogen functional groups attached to an aromatic ring is 1. The van der Waals surface area contributed by atoms with Gasteiger partial charge in [-0.2, -0.15) is 10.5 Å². The number of aromatic nitrogens is 2. The molecule has 3 heterocycles. The zero-order chi connectivity index (χ0) is 21.7. The summed E-state index contributed by atoms with van der Waals surface area (Å²) in [6.07, 6.45) is 3.54. The molecule has 30 heavy (non-hydrogen) atoms. The number of nitriles is 2. The lowest BCUT2D eigenvalue weighted by Crippen LogP contribution is -2.25. The van der Waals surface area contributed by atoms with Gasteiger partial charge in [-0.25, -0.2) is 9.97 Å². The van der Waals surface area contributed by atoms with E-state index in [1.165, 1.54) is 6.26 Å². The van der Waals surface area contributed by atoms with Gasteiger partial charge >= 0.3 is 0 Å². The van der Waals surface area contributed by atoms with Crippen molar-refractivity contribution in [3.05, 3.63) is 53.4 Å². The third kappa shape index (κ3) is 4.27. The van der Waals surface area contributed by atoms with Crippen molar-refractivity contribution >= 4 is 29.3 Å². The molecule has 150 valence electrons. The minimum absolute atomic E-state index is 0.0268. The molecular weight excluding hydrogens is 400 g/mol. The summed E-state index contributed by atoms with van der Waals surface area (Å²) in [6.45, 7) is 3.76. The number of carbonyl (C=O) groups is 1. The minimum Gasteiger partial charge on any atom is -0.464 e. The van der Waals surface area contributed by atoms with Crippen LogP contribution in [-0.4, -0.2) is 21.1 Å². The molecule has 0 aliphatic carbocycles. The van der Waals surface area contributed by atoms with E-state index in [1.807, 2.05) is 26.0 Å². The van der Waals surface area contributed by atoms with Crippen molar-refractivity contribution < 1.29 is 9.21 Å². The number of nitrogens with one attached hydrogen (secondary N) is 1. The van der Waals surface area contributed by atoms with Crippen molar-refractivity contribution in [2.24, 2.45) is 0 Å². The Balaban J connectivity index is 1.98. The van der Waals surface area contributed by atoms with Crippen molar-refractivity contribution in [1.82, 2.24) is 9.97 Å². The van der Waals surface area contributed by atoms with Crippen LogP contribution in [0.3, 0.4) is 0 Å². The van der Waals surface area contributed by atoms with Crippen molar-refractivity contribution in [1.29, 1.82) is 10.5 Å². The van der Waals surface area contributed by atoms with Gasteiger partial charge in [0, 0.05) is 6.20 Å². The van der Waals surface area contributed by atoms with Crippen LogP contribution in [0.2, 0.25) is 0 Å². The summed E-state index contributed by atoms with van der Waals surface area (Å²) in [5.74, 6) is 0.485. The molecule has 1 amide bonds. The zero-order valence-corrected chi connectivity index (χ0v) is 17.2. The first-order valence-corrected chi connectivity index (χ1v) is 9.94. The summed E-state index contributed by atoms with van der Waals surface area (Å²) in [6, 6.07) is 11.0. The van der Waals surface area contributed by atoms with Crippen molar-refractivity contribution in [3.8, 4) is 23.5 Å². The van der Waals surface area contributed by atoms with Crippen molar-refractivity contribution in [2.75, 3.05) is 11.1 Å². The quantitative estimate of drug-likeness (QED) is 0.574. The van der Waals surface area contributed by atoms with E-state index in [0.717, 1.165) is 17.3 Å². The van der Waals surface area contributed by atoms with E-state index >= 15 is 0 Å². The molecular formula is C21H18N6O2S. The normalized spacial score (nSPS) is 11.3. The van der Waals surface area contributed by atoms with E-state index in [0.29, 0.717) is 18.0 Å². The molecule has 3 aromatic heterocycles. The third-order valence-electron chi connectivity index (χ3n) is 4.27. The van der Waals surface area contributed by atoms with Gasteiger partial charge in [0.05, 0.1) is 22.6 Å². The largest absolute Gasteiger partial charge is 0.464 e. The Labute approximate surface area is 177 Å². The van der Waals surface area contributed by atoms with E-state index in [-0.39, 0.29) is 33.4 Å². The highest BCUT2D eigenvalue weighted by Crippen LogP contribution is 2.37. The van der Waals surface area contributed by atoms with Crippen LogP contribution in [0.1, 0.15) is 30.0 Å². The van der Waals surface area contributed by atoms with Crippen molar-refractivity contribution in [2.45, 2.75) is 30.5 Å². The molecule has 0 spiro atoms. The van der Waals surface area contributed by atoms with Crippen LogP contribution in [0.25, 0.3) is 11.3 Å². The minimum atomic E-state index is -0.552. The molecule has 1 atom stereocenters. The summed E-state index contributed by atoms with van der Waals surface area (Å²) in [7, 11) is 0. The molecule has 9 heteroatoms. The molecule has 3 rings (SSSR count). The average Bonchev–Trinajstić information content (AvgIpc) is 3.25. The molecule has 0 saturated heterocycles. The smallest absolute Gasteiger partial charge is 0.239 e. The Bertz CT molecular complexity index is 1160. The second kappa shape index (κ2) is 9.12. The summed E-state index contributed by atoms with van der Waals surface area (Å²) in [5.41, 5.74) is 7.43. The highest BCUT2D eigenvalue weighted by Gasteiger charge is 2.26. The van der Waals surface area contributed by atoms with Crippen LogP contribution >= 0.6 is 11.8 Å². The van der Waals surface area contributed by atoms with E-state index in [9.17, 15) is 15.3 Å². The van der Waals surface area contributed by atoms with Crippen LogP contribution < -0.4 is 11.1 Å². The fourth-order valence-electron chi connectivity index (χ4n) is 2.82. The number of hydrogen-bond acceptors (Lipinski definition) is 8. The first-order chi connectivity index (χ1) is 14.5. The van der Waals surface area contributed by atoms with Crippen LogP contribution in [-0.2, 0) is 4.79 Å². The topological polar surface area (TPSA) is 142 Å². The van der Waals surface area contributed by atoms with E-state index in [1.54, 1.807) is 24.4 Å². The summed E-state index contributed by atoms with van der Waals surface area (Å²) >= 11 is 1.11. The number of carbonyl (C=O) groups excluding carboxylic acids is 1. The molecule has 0 aliphatic rings. The third-order valence-corrected chi connectivity index (χ3v) is 5.62. The van der Waals surface area contributed by atoms with E-state index in [4.69, 9.17) is 10.2 Å². The summed E-state index contributed by atoms with van der Waals surface area (Å²) < 4.78 is 5.40. The molecule has 0 radical (unpaired) electrons. The first kappa shape index (κ1) is 20.9. The lowest BCUT2D eigenvalue weighted by molar-refractivity contribution is -0.115. The zero-order valence-electron chi connectivity index (χ0n) is 16.3. The standard InChI is InChI=1S/C21H18N6O2S/c1-3-16(20(28)26-17-9-12(2)6-7-25-17)30-21-14(11-23)18(15-5-4-8-29-15)13(10-22)19(24)27-21/h4-9,16H,3H2,1-2H3,(H2,24,27)(H,25,26,28). The fraction of sp³-hybridized carbons (Fsp3) is 0.190. The van der Waals surface area contributed by atoms with Gasteiger partial charge in [0.25, 0.3) is 0 Å². The maximum atomic E-state index is 12.8. The molecule has 0 saturated carbocycles. The number of nitrogens with zero attached hydrogens (tertiary/aromatic N) is 4. The number of hydrogen-bond donors (Lipinski definition) is 2. The number of nitrogens with two attached hydrogens (primary N) is 1. The summed E-state index contributed by atoms with van der Waals surface area (Å²) in [4.78, 5) is 21.2. The Morgan fingerprint density at radius 2 is 2.10 bits per heavy atom. The Hall–Kier alpha value is -3.82.